The molecule has 1 unspecified atom stereocenters. The third kappa shape index (κ3) is 2.19. The van der Waals surface area contributed by atoms with Gasteiger partial charge in [-0.05, 0) is 26.8 Å². The van der Waals surface area contributed by atoms with E-state index in [-0.39, 0.29) is 0 Å². The van der Waals surface area contributed by atoms with Crippen molar-refractivity contribution in [3.8, 4) is 0 Å². The van der Waals surface area contributed by atoms with E-state index in [1.165, 1.54) is 0 Å². The predicted molar refractivity (Wildman–Crippen MR) is 48.5 cm³/mol. The Balaban J connectivity index is 2.61. The average molecular weight is 187 g/mol. The van der Waals surface area contributed by atoms with Crippen LogP contribution in [0.4, 0.5) is 0 Å². The molecule has 1 saturated heterocycles. The first-order valence-electron chi connectivity index (χ1n) is 4.59. The normalized spacial score (nSPS) is 25.5. The summed E-state index contributed by atoms with van der Waals surface area (Å²) in [6.45, 7) is 3.12. The van der Waals surface area contributed by atoms with Gasteiger partial charge in [-0.25, -0.2) is 0 Å². The second-order valence-corrected chi connectivity index (χ2v) is 3.97. The summed E-state index contributed by atoms with van der Waals surface area (Å²) in [5.74, 6) is -1.58. The molecule has 0 amide bonds. The molecular formula is C9H17NO3. The van der Waals surface area contributed by atoms with Crippen LogP contribution in [0.5, 0.6) is 0 Å². The molecule has 76 valence electrons. The Morgan fingerprint density at radius 2 is 1.92 bits per heavy atom. The maximum Gasteiger partial charge on any atom is 0.309 e. The molecule has 1 heterocycles. The van der Waals surface area contributed by atoms with Crippen molar-refractivity contribution >= 4 is 5.97 Å². The summed E-state index contributed by atoms with van der Waals surface area (Å²) in [5, 5.41) is 18.8. The van der Waals surface area contributed by atoms with Crippen molar-refractivity contribution in [3.63, 3.8) is 0 Å². The summed E-state index contributed by atoms with van der Waals surface area (Å²) in [7, 11) is 1.98. The van der Waals surface area contributed by atoms with E-state index in [4.69, 9.17) is 5.11 Å². The number of aliphatic carboxylic acids is 1. The van der Waals surface area contributed by atoms with Crippen LogP contribution >= 0.6 is 0 Å². The second kappa shape index (κ2) is 3.64. The Morgan fingerprint density at radius 3 is 2.31 bits per heavy atom. The number of carboxylic acids is 1. The van der Waals surface area contributed by atoms with Gasteiger partial charge >= 0.3 is 5.97 Å². The molecule has 1 rings (SSSR count). The number of nitrogens with zero attached hydrogens (tertiary/aromatic N) is 1. The molecule has 1 aliphatic heterocycles. The highest BCUT2D eigenvalue weighted by molar-refractivity contribution is 5.71. The molecule has 0 saturated carbocycles. The van der Waals surface area contributed by atoms with E-state index in [1.54, 1.807) is 6.92 Å². The number of rotatable bonds is 2. The summed E-state index contributed by atoms with van der Waals surface area (Å²) < 4.78 is 0. The van der Waals surface area contributed by atoms with Crippen LogP contribution < -0.4 is 0 Å². The van der Waals surface area contributed by atoms with Crippen LogP contribution in [0.15, 0.2) is 0 Å². The lowest BCUT2D eigenvalue weighted by molar-refractivity contribution is -0.154. The predicted octanol–water partition coefficient (Wildman–Crippen LogP) is 0.164. The molecule has 4 heteroatoms. The van der Waals surface area contributed by atoms with E-state index in [0.717, 1.165) is 13.1 Å². The number of carboxylic acid groups (broad SMARTS) is 1. The number of aliphatic hydroxyl groups is 1. The van der Waals surface area contributed by atoms with Crippen LogP contribution in [0.3, 0.4) is 0 Å². The van der Waals surface area contributed by atoms with Crippen LogP contribution in [0, 0.1) is 5.92 Å². The number of carbonyl (C=O) groups is 1. The number of piperidine rings is 1. The molecule has 1 fully saturated rings. The van der Waals surface area contributed by atoms with Gasteiger partial charge in [-0.3, -0.25) is 4.79 Å². The van der Waals surface area contributed by atoms with Crippen LogP contribution in [0.25, 0.3) is 0 Å². The van der Waals surface area contributed by atoms with E-state index < -0.39 is 17.5 Å². The van der Waals surface area contributed by atoms with Gasteiger partial charge in [0, 0.05) is 13.1 Å². The van der Waals surface area contributed by atoms with Crippen molar-refractivity contribution in [2.45, 2.75) is 25.4 Å². The van der Waals surface area contributed by atoms with Gasteiger partial charge < -0.3 is 15.1 Å². The number of hydrogen-bond acceptors (Lipinski definition) is 3. The molecule has 0 bridgehead atoms. The smallest absolute Gasteiger partial charge is 0.309 e. The fourth-order valence-electron chi connectivity index (χ4n) is 1.67. The summed E-state index contributed by atoms with van der Waals surface area (Å²) in [5.41, 5.74) is -1.00. The van der Waals surface area contributed by atoms with Gasteiger partial charge in [0.1, 0.15) is 0 Å². The standard InChI is InChI=1S/C9H17NO3/c1-7(8(11)12)9(13)3-5-10(2)6-4-9/h7,13H,3-6H2,1-2H3,(H,11,12). The Hall–Kier alpha value is -0.610. The molecular weight excluding hydrogens is 170 g/mol. The fraction of sp³-hybridized carbons (Fsp3) is 0.889. The van der Waals surface area contributed by atoms with E-state index in [1.807, 2.05) is 7.05 Å². The Morgan fingerprint density at radius 1 is 1.46 bits per heavy atom. The molecule has 0 radical (unpaired) electrons. The third-order valence-corrected chi connectivity index (χ3v) is 3.03. The van der Waals surface area contributed by atoms with Crippen LogP contribution in [0.2, 0.25) is 0 Å². The highest BCUT2D eigenvalue weighted by Gasteiger charge is 2.40. The zero-order chi connectivity index (χ0) is 10.1. The Bertz CT molecular complexity index is 197. The van der Waals surface area contributed by atoms with Gasteiger partial charge in [-0.15, -0.1) is 0 Å². The highest BCUT2D eigenvalue weighted by Crippen LogP contribution is 2.29. The monoisotopic (exact) mass is 187 g/mol. The molecule has 13 heavy (non-hydrogen) atoms. The van der Waals surface area contributed by atoms with Crippen LogP contribution in [0.1, 0.15) is 19.8 Å². The largest absolute Gasteiger partial charge is 0.481 e. The lowest BCUT2D eigenvalue weighted by Crippen LogP contribution is -2.49. The Kier molecular flexibility index (Phi) is 2.93. The van der Waals surface area contributed by atoms with Crippen molar-refractivity contribution in [2.75, 3.05) is 20.1 Å². The SMILES string of the molecule is CC(C(=O)O)C1(O)CCN(C)CC1. The van der Waals surface area contributed by atoms with Crippen molar-refractivity contribution in [1.82, 2.24) is 4.90 Å². The van der Waals surface area contributed by atoms with E-state index >= 15 is 0 Å². The fourth-order valence-corrected chi connectivity index (χ4v) is 1.67. The zero-order valence-corrected chi connectivity index (χ0v) is 8.16. The van der Waals surface area contributed by atoms with Gasteiger partial charge in [0.25, 0.3) is 0 Å². The molecule has 0 aliphatic carbocycles. The van der Waals surface area contributed by atoms with Gasteiger partial charge in [-0.2, -0.15) is 0 Å². The molecule has 0 spiro atoms. The summed E-state index contributed by atoms with van der Waals surface area (Å²) in [6, 6.07) is 0. The summed E-state index contributed by atoms with van der Waals surface area (Å²) in [6.07, 6.45) is 1.11. The first kappa shape index (κ1) is 10.5. The molecule has 2 N–H and O–H groups in total. The van der Waals surface area contributed by atoms with Crippen LogP contribution in [-0.4, -0.2) is 46.8 Å². The third-order valence-electron chi connectivity index (χ3n) is 3.03. The quantitative estimate of drug-likeness (QED) is 0.646. The minimum atomic E-state index is -1.00. The topological polar surface area (TPSA) is 60.8 Å². The minimum absolute atomic E-state index is 0.553. The molecule has 0 aromatic heterocycles. The lowest BCUT2D eigenvalue weighted by Gasteiger charge is -2.38. The van der Waals surface area contributed by atoms with E-state index in [9.17, 15) is 9.90 Å². The van der Waals surface area contributed by atoms with Crippen molar-refractivity contribution < 1.29 is 15.0 Å². The lowest BCUT2D eigenvalue weighted by atomic mass is 9.81. The Labute approximate surface area is 78.2 Å². The zero-order valence-electron chi connectivity index (χ0n) is 8.16. The molecule has 1 atom stereocenters. The molecule has 4 nitrogen and oxygen atoms in total. The first-order valence-corrected chi connectivity index (χ1v) is 4.59. The molecule has 0 aromatic rings. The minimum Gasteiger partial charge on any atom is -0.481 e. The van der Waals surface area contributed by atoms with Gasteiger partial charge in [-0.1, -0.05) is 0 Å². The molecule has 1 aliphatic rings. The second-order valence-electron chi connectivity index (χ2n) is 3.97. The maximum atomic E-state index is 10.7. The van der Waals surface area contributed by atoms with Crippen molar-refractivity contribution in [2.24, 2.45) is 5.92 Å². The van der Waals surface area contributed by atoms with E-state index in [0.29, 0.717) is 12.8 Å². The first-order chi connectivity index (χ1) is 5.96. The maximum absolute atomic E-state index is 10.7. The summed E-state index contributed by atoms with van der Waals surface area (Å²) >= 11 is 0. The van der Waals surface area contributed by atoms with Crippen LogP contribution in [-0.2, 0) is 4.79 Å². The number of hydrogen-bond donors (Lipinski definition) is 2. The van der Waals surface area contributed by atoms with Gasteiger partial charge in [0.2, 0.25) is 0 Å². The molecule has 0 aromatic carbocycles. The van der Waals surface area contributed by atoms with E-state index in [2.05, 4.69) is 4.90 Å². The summed E-state index contributed by atoms with van der Waals surface area (Å²) in [4.78, 5) is 12.8. The van der Waals surface area contributed by atoms with Gasteiger partial charge in [0.05, 0.1) is 11.5 Å². The highest BCUT2D eigenvalue weighted by atomic mass is 16.4. The van der Waals surface area contributed by atoms with Crippen molar-refractivity contribution in [3.05, 3.63) is 0 Å². The average Bonchev–Trinajstić information content (AvgIpc) is 2.09. The van der Waals surface area contributed by atoms with Crippen molar-refractivity contribution in [1.29, 1.82) is 0 Å². The number of likely N-dealkylation sites (tertiary alicyclic amines) is 1. The van der Waals surface area contributed by atoms with Gasteiger partial charge in [0.15, 0.2) is 0 Å².